The Bertz CT molecular complexity index is 1900. The van der Waals surface area contributed by atoms with Gasteiger partial charge >= 0.3 is 143 Å². The number of nitrogens with one attached hydrogen (secondary N) is 5. The molecule has 6 heterocycles. The van der Waals surface area contributed by atoms with Gasteiger partial charge in [-0.05, 0) is 0 Å². The van der Waals surface area contributed by atoms with E-state index in [9.17, 15) is 19.8 Å². The van der Waals surface area contributed by atoms with Gasteiger partial charge in [-0.1, -0.05) is 0 Å². The molecule has 470 valence electrons. The van der Waals surface area contributed by atoms with Gasteiger partial charge in [0.15, 0.2) is 40.7 Å². The summed E-state index contributed by atoms with van der Waals surface area (Å²) in [6, 6.07) is 0. The monoisotopic (exact) mass is 2000 g/mol. The summed E-state index contributed by atoms with van der Waals surface area (Å²) in [7, 11) is 46.3. The fourth-order valence-electron chi connectivity index (χ4n) is 5.38. The number of aliphatic hydroxyl groups is 2. The second-order valence-corrected chi connectivity index (χ2v) is 23.4. The standard InChI is InChI=1S/C12H17N6O5.C12H17N5O5.CH4N.CH2O.8ClH.6H2N.H2O2.6H2O.4Pt/c1-21-3-5-8(22-2)7(19)11(23-5)18-4-14-6-9(18)15-12(17-13)16-10(6)20;1-20-3-5-8(21-2)7(18)11(22-5)17-4-14-6-9(17)15-12(13)16-10(6)19;2*1-2;;;;;;;;;;;;;;;1-2;;;;;;;;;;/h4-5,7-8,11,13,19H,3H2,1-2H3,(H2,15,16,17,20);4-5,7-8,11,18H,3H2,1-2H3,(H3,13,15,16,19);2H,1H3;1H2;8*1H;6*1H2;1-2H;6*1H2;;;;/q-1;;-1;;;;;;;;;;6*-1;;;;;;;;4*+4/p-7. The van der Waals surface area contributed by atoms with Gasteiger partial charge in [-0.25, -0.2) is 9.97 Å². The van der Waals surface area contributed by atoms with E-state index in [0.29, 0.717) is 0 Å². The van der Waals surface area contributed by atoms with E-state index in [0.717, 1.165) is 0 Å². The Hall–Kier alpha value is 0.0832. The molecule has 2 saturated heterocycles. The van der Waals surface area contributed by atoms with E-state index in [1.807, 2.05) is 12.2 Å². The molecule has 2 aliphatic rings. The van der Waals surface area contributed by atoms with Gasteiger partial charge in [-0.15, -0.1) is 0 Å². The molecule has 49 heteroatoms. The minimum Gasteiger partial charge on any atom is -0.693 e. The van der Waals surface area contributed by atoms with E-state index in [2.05, 4.69) is 29.9 Å². The van der Waals surface area contributed by atoms with Crippen molar-refractivity contribution < 1.29 is 154 Å². The van der Waals surface area contributed by atoms with E-state index in [4.69, 9.17) is 136 Å². The molecular formula is C26H67Cl8N18O19Pt4+. The Balaban J connectivity index is -0.0000000457. The number of nitrogens with zero attached hydrogens (tertiary/aromatic N) is 6. The summed E-state index contributed by atoms with van der Waals surface area (Å²) in [6.07, 6.45) is -2.95. The normalized spacial score (nSPS) is 18.2. The zero-order valence-electron chi connectivity index (χ0n) is 39.9. The quantitative estimate of drug-likeness (QED) is 0.0878. The van der Waals surface area contributed by atoms with Crippen LogP contribution in [0.25, 0.3) is 70.8 Å². The van der Waals surface area contributed by atoms with Gasteiger partial charge < -0.3 is 136 Å². The van der Waals surface area contributed by atoms with Crippen molar-refractivity contribution in [3.63, 3.8) is 0 Å². The second kappa shape index (κ2) is 70.2. The number of fused-ring (bicyclic) bond motifs is 2. The van der Waals surface area contributed by atoms with Gasteiger partial charge in [0, 0.05) is 28.4 Å². The number of H-pyrrole nitrogens is 2. The summed E-state index contributed by atoms with van der Waals surface area (Å²) in [5.74, 6) is 7.04. The van der Waals surface area contributed by atoms with Gasteiger partial charge in [0.05, 0.1) is 25.9 Å². The zero-order valence-corrected chi connectivity index (χ0v) is 54.0. The molecule has 6 rings (SSSR count). The van der Waals surface area contributed by atoms with Crippen molar-refractivity contribution in [2.75, 3.05) is 59.9 Å². The second-order valence-electron chi connectivity index (χ2n) is 10.2. The summed E-state index contributed by atoms with van der Waals surface area (Å²) >= 11 is -1.89. The molecule has 0 radical (unpaired) electrons. The van der Waals surface area contributed by atoms with Crippen molar-refractivity contribution in [3.05, 3.63) is 81.8 Å². The molecule has 0 bridgehead atoms. The molecule has 8 unspecified atom stereocenters. The summed E-state index contributed by atoms with van der Waals surface area (Å²) < 4.78 is 35.2. The predicted molar refractivity (Wildman–Crippen MR) is 278 cm³/mol. The number of hydrogen-bond acceptors (Lipinski definition) is 19. The van der Waals surface area contributed by atoms with Crippen molar-refractivity contribution in [2.45, 2.75) is 49.1 Å². The van der Waals surface area contributed by atoms with Gasteiger partial charge in [-0.3, -0.25) is 39.2 Å². The first kappa shape index (κ1) is 114. The number of aromatic amines is 2. The maximum absolute atomic E-state index is 11.9. The number of imidazole rings is 2. The Labute approximate surface area is 495 Å². The Kier molecular flexibility index (Phi) is 107. The number of rotatable bonds is 9. The van der Waals surface area contributed by atoms with Crippen LogP contribution in [0.4, 0.5) is 11.9 Å². The van der Waals surface area contributed by atoms with Crippen molar-refractivity contribution >= 4 is 116 Å². The zero-order chi connectivity index (χ0) is 49.2. The summed E-state index contributed by atoms with van der Waals surface area (Å²) in [4.78, 5) is 52.6. The fraction of sp³-hybridized carbons (Fsp3) is 0.577. The number of nitrogen functional groups attached to an aromatic ring is 1. The third-order valence-corrected chi connectivity index (χ3v) is 7.37. The van der Waals surface area contributed by atoms with E-state index in [1.54, 1.807) is 0 Å². The number of aromatic nitrogens is 8. The number of aliphatic hydroxyl groups excluding tert-OH is 2. The van der Waals surface area contributed by atoms with E-state index >= 15 is 0 Å². The van der Waals surface area contributed by atoms with Gasteiger partial charge in [0.1, 0.15) is 43.4 Å². The van der Waals surface area contributed by atoms with Crippen LogP contribution in [0.15, 0.2) is 22.2 Å². The molecule has 0 amide bonds. The van der Waals surface area contributed by atoms with Crippen LogP contribution in [-0.4, -0.2) is 185 Å². The Morgan fingerprint density at radius 3 is 1.21 bits per heavy atom. The smallest absolute Gasteiger partial charge is 0.693 e. The number of ether oxygens (including phenoxy) is 6. The van der Waals surface area contributed by atoms with Gasteiger partial charge in [-0.2, -0.15) is 17.0 Å². The van der Waals surface area contributed by atoms with Crippen LogP contribution >= 0.6 is 75.3 Å². The van der Waals surface area contributed by atoms with Crippen molar-refractivity contribution in [2.24, 2.45) is 0 Å². The number of methoxy groups -OCH3 is 4. The molecular weight excluding hydrogens is 1930 g/mol. The number of halogens is 8. The van der Waals surface area contributed by atoms with Crippen molar-refractivity contribution in [3.8, 4) is 0 Å². The van der Waals surface area contributed by atoms with Crippen LogP contribution in [0.3, 0.4) is 0 Å². The largest absolute Gasteiger partial charge is 1.00 e. The molecule has 2 fully saturated rings. The molecule has 0 aliphatic carbocycles. The van der Waals surface area contributed by atoms with E-state index in [1.165, 1.54) is 57.3 Å². The molecule has 75 heavy (non-hydrogen) atoms. The topological polar surface area (TPSA) is 756 Å². The molecule has 4 aromatic heterocycles. The molecule has 0 saturated carbocycles. The minimum atomic E-state index is -0.994. The van der Waals surface area contributed by atoms with Crippen LogP contribution in [0, 0.1) is 0 Å². The number of nitrogens with two attached hydrogens (primary N) is 7. The first-order valence-corrected chi connectivity index (χ1v) is 38.0. The molecule has 0 aromatic carbocycles. The molecule has 35 N–H and O–H groups in total. The molecule has 4 aromatic rings. The maximum Gasteiger partial charge on any atom is 1.00 e. The van der Waals surface area contributed by atoms with Gasteiger partial charge in [0.25, 0.3) is 11.1 Å². The molecule has 37 nitrogen and oxygen atoms in total. The maximum atomic E-state index is 11.9. The third-order valence-electron chi connectivity index (χ3n) is 7.37. The van der Waals surface area contributed by atoms with Crippen LogP contribution in [-0.2, 0) is 99.1 Å². The van der Waals surface area contributed by atoms with Crippen molar-refractivity contribution in [1.82, 2.24) is 39.0 Å². The van der Waals surface area contributed by atoms with Crippen LogP contribution < -0.4 is 22.3 Å². The van der Waals surface area contributed by atoms with Gasteiger partial charge in [0.2, 0.25) is 5.95 Å². The first-order valence-electron chi connectivity index (χ1n) is 15.4. The third kappa shape index (κ3) is 36.9. The summed E-state index contributed by atoms with van der Waals surface area (Å²) in [5.41, 5.74) is 13.0. The average molecular weight is 2000 g/mol. The molecule has 8 atom stereocenters. The number of anilines is 2. The predicted octanol–water partition coefficient (Wildman–Crippen LogP) is 3.51. The summed E-state index contributed by atoms with van der Waals surface area (Å²) in [5, 5.41) is 32.9. The summed E-state index contributed by atoms with van der Waals surface area (Å²) in [6.45, 7) is 2.50. The van der Waals surface area contributed by atoms with E-state index < -0.39 is 126 Å². The first-order chi connectivity index (χ1) is 30.3. The van der Waals surface area contributed by atoms with E-state index in [-0.39, 0.29) is 119 Å². The van der Waals surface area contributed by atoms with Crippen molar-refractivity contribution in [1.29, 1.82) is 0 Å². The minimum absolute atomic E-state index is 0. The SMILES string of the molecule is C=O.COCC1OC(n2cnc3c(=O)[nH]c(N)nc32)C(O)C1OC.COCC1OC(n2cnc3c(=O)[nH]c(N[NH-])nc32)C(O)C1OC.C[NH-].O.O.O.O.O.O.OO.[Cl][Pt+2][Cl].[Cl][Pt+2][Cl].[Cl][Pt+2][Cl].[Cl][Pt+2][Cl].[H+].[NH2-].[NH2-].[NH2-].[NH2-].[NH2-].[NH2-]. The number of carbonyl (C=O) groups is 1. The van der Waals surface area contributed by atoms with Crippen LogP contribution in [0.2, 0.25) is 0 Å². The molecule has 2 aliphatic heterocycles. The fourth-order valence-corrected chi connectivity index (χ4v) is 5.38. The Morgan fingerprint density at radius 1 is 0.667 bits per heavy atom. The molecule has 0 spiro atoms. The number of hydrogen-bond donors (Lipinski definition) is 8. The van der Waals surface area contributed by atoms with Crippen LogP contribution in [0.1, 0.15) is 13.9 Å². The Morgan fingerprint density at radius 2 is 0.947 bits per heavy atom. The van der Waals surface area contributed by atoms with Crippen LogP contribution in [0.5, 0.6) is 0 Å². The number of carbonyl (C=O) groups excluding carboxylic acids is 1. The average Bonchev–Trinajstić information content (AvgIpc) is 4.05.